The van der Waals surface area contributed by atoms with E-state index in [-0.39, 0.29) is 0 Å². The van der Waals surface area contributed by atoms with Crippen LogP contribution in [0.2, 0.25) is 5.02 Å². The van der Waals surface area contributed by atoms with Gasteiger partial charge in [0.05, 0.1) is 18.5 Å². The van der Waals surface area contributed by atoms with E-state index in [1.807, 2.05) is 12.1 Å². The van der Waals surface area contributed by atoms with Gasteiger partial charge in [-0.15, -0.1) is 0 Å². The van der Waals surface area contributed by atoms with Gasteiger partial charge in [0.15, 0.2) is 0 Å². The van der Waals surface area contributed by atoms with E-state index in [2.05, 4.69) is 15.4 Å². The Hall–Kier alpha value is -2.44. The molecule has 2 N–H and O–H groups in total. The van der Waals surface area contributed by atoms with Crippen LogP contribution in [0, 0.1) is 5.53 Å². The second-order valence-corrected chi connectivity index (χ2v) is 4.95. The third-order valence-corrected chi connectivity index (χ3v) is 3.15. The fraction of sp³-hybridized carbons (Fsp3) is 0.188. The molecule has 0 aliphatic heterocycles. The molecule has 0 saturated carbocycles. The van der Waals surface area contributed by atoms with Crippen LogP contribution < -0.4 is 10.1 Å². The second kappa shape index (κ2) is 8.87. The molecule has 0 amide bonds. The molecule has 7 heteroatoms. The smallest absolute Gasteiger partial charge is 0.137 e. The van der Waals surface area contributed by atoms with Crippen LogP contribution in [0.15, 0.2) is 53.9 Å². The van der Waals surface area contributed by atoms with Gasteiger partial charge in [-0.1, -0.05) is 11.6 Å². The molecule has 0 saturated heterocycles. The Bertz CT molecular complexity index is 657. The summed E-state index contributed by atoms with van der Waals surface area (Å²) in [5, 5.41) is 7.21. The first-order valence-electron chi connectivity index (χ1n) is 6.91. The maximum atomic E-state index is 7.29. The van der Waals surface area contributed by atoms with E-state index in [0.717, 1.165) is 5.69 Å². The molecule has 1 heterocycles. The lowest BCUT2D eigenvalue weighted by Gasteiger charge is -2.06. The lowest BCUT2D eigenvalue weighted by atomic mass is 10.3. The molecule has 0 atom stereocenters. The number of hydrogen-bond acceptors (Lipinski definition) is 6. The van der Waals surface area contributed by atoms with Crippen molar-refractivity contribution in [2.24, 2.45) is 5.11 Å². The van der Waals surface area contributed by atoms with Gasteiger partial charge in [-0.3, -0.25) is 4.98 Å². The number of rotatable bonds is 8. The van der Waals surface area contributed by atoms with E-state index < -0.39 is 0 Å². The number of nitrogens with zero attached hydrogens (tertiary/aromatic N) is 2. The highest BCUT2D eigenvalue weighted by molar-refractivity contribution is 6.30. The zero-order valence-electron chi connectivity index (χ0n) is 12.6. The summed E-state index contributed by atoms with van der Waals surface area (Å²) in [6.45, 7) is 0.973. The molecule has 1 aromatic heterocycles. The van der Waals surface area contributed by atoms with E-state index in [1.54, 1.807) is 43.8 Å². The van der Waals surface area contributed by atoms with Crippen molar-refractivity contribution in [3.8, 4) is 5.75 Å². The standard InChI is InChI=1S/C16H17ClN4O2/c1-22-8-9-23-14-6-7-15(20-10-14)16(21-18)11-19-13-4-2-12(17)3-5-13/h2-7,10-11,18-19H,8-9H2,1H3/b16-11-,21-18?. The summed E-state index contributed by atoms with van der Waals surface area (Å²) in [7, 11) is 1.62. The highest BCUT2D eigenvalue weighted by Gasteiger charge is 2.03. The Balaban J connectivity index is 2.03. The zero-order chi connectivity index (χ0) is 16.5. The van der Waals surface area contributed by atoms with Gasteiger partial charge in [0.25, 0.3) is 0 Å². The normalized spacial score (nSPS) is 11.1. The second-order valence-electron chi connectivity index (χ2n) is 4.51. The number of anilines is 1. The fourth-order valence-electron chi connectivity index (χ4n) is 1.72. The molecule has 0 radical (unpaired) electrons. The molecular weight excluding hydrogens is 316 g/mol. The third kappa shape index (κ3) is 5.36. The number of pyridine rings is 1. The first kappa shape index (κ1) is 16.9. The molecule has 0 aliphatic rings. The highest BCUT2D eigenvalue weighted by Crippen LogP contribution is 2.18. The molecule has 0 spiro atoms. The van der Waals surface area contributed by atoms with Crippen LogP contribution >= 0.6 is 11.6 Å². The van der Waals surface area contributed by atoms with E-state index >= 15 is 0 Å². The maximum Gasteiger partial charge on any atom is 0.137 e. The van der Waals surface area contributed by atoms with Gasteiger partial charge in [0.1, 0.15) is 18.1 Å². The minimum absolute atomic E-state index is 0.406. The van der Waals surface area contributed by atoms with Crippen LogP contribution in [0.1, 0.15) is 5.69 Å². The molecule has 6 nitrogen and oxygen atoms in total. The lowest BCUT2D eigenvalue weighted by Crippen LogP contribution is -2.04. The van der Waals surface area contributed by atoms with Crippen molar-refractivity contribution in [2.75, 3.05) is 25.6 Å². The Labute approximate surface area is 139 Å². The maximum absolute atomic E-state index is 7.29. The van der Waals surface area contributed by atoms with Crippen molar-refractivity contribution in [3.05, 3.63) is 59.5 Å². The van der Waals surface area contributed by atoms with E-state index in [1.165, 1.54) is 0 Å². The summed E-state index contributed by atoms with van der Waals surface area (Å²) in [5.41, 5.74) is 9.11. The number of benzene rings is 1. The minimum atomic E-state index is 0.406. The van der Waals surface area contributed by atoms with Gasteiger partial charge in [-0.05, 0) is 36.4 Å². The molecule has 2 rings (SSSR count). The molecule has 23 heavy (non-hydrogen) atoms. The number of halogens is 1. The monoisotopic (exact) mass is 332 g/mol. The van der Waals surface area contributed by atoms with Crippen molar-refractivity contribution < 1.29 is 9.47 Å². The molecule has 120 valence electrons. The minimum Gasteiger partial charge on any atom is -0.490 e. The highest BCUT2D eigenvalue weighted by atomic mass is 35.5. The summed E-state index contributed by atoms with van der Waals surface area (Å²) >= 11 is 5.84. The van der Waals surface area contributed by atoms with Crippen LogP contribution in [-0.2, 0) is 4.74 Å². The summed E-state index contributed by atoms with van der Waals surface area (Å²) < 4.78 is 10.4. The average Bonchev–Trinajstić information content (AvgIpc) is 2.58. The Kier molecular flexibility index (Phi) is 6.53. The van der Waals surface area contributed by atoms with Crippen molar-refractivity contribution in [1.29, 1.82) is 5.53 Å². The summed E-state index contributed by atoms with van der Waals surface area (Å²) in [6.07, 6.45) is 3.20. The predicted octanol–water partition coefficient (Wildman–Crippen LogP) is 4.20. The molecule has 1 aromatic carbocycles. The van der Waals surface area contributed by atoms with Gasteiger partial charge in [-0.25, -0.2) is 5.53 Å². The number of hydrogen-bond donors (Lipinski definition) is 2. The molecule has 0 aliphatic carbocycles. The lowest BCUT2D eigenvalue weighted by molar-refractivity contribution is 0.146. The number of aromatic nitrogens is 1. The molecule has 2 aromatic rings. The first-order valence-corrected chi connectivity index (χ1v) is 7.28. The van der Waals surface area contributed by atoms with Gasteiger partial charge in [0, 0.05) is 24.0 Å². The van der Waals surface area contributed by atoms with Crippen LogP contribution in [0.25, 0.3) is 5.70 Å². The first-order chi connectivity index (χ1) is 11.2. The average molecular weight is 333 g/mol. The Morgan fingerprint density at radius 2 is 2.04 bits per heavy atom. The Morgan fingerprint density at radius 1 is 1.26 bits per heavy atom. The van der Waals surface area contributed by atoms with Crippen molar-refractivity contribution >= 4 is 23.0 Å². The summed E-state index contributed by atoms with van der Waals surface area (Å²) in [4.78, 5) is 4.25. The Morgan fingerprint density at radius 3 is 2.65 bits per heavy atom. The predicted molar refractivity (Wildman–Crippen MR) is 89.8 cm³/mol. The van der Waals surface area contributed by atoms with Crippen LogP contribution in [0.5, 0.6) is 5.75 Å². The topological polar surface area (TPSA) is 79.6 Å². The van der Waals surface area contributed by atoms with Gasteiger partial charge in [-0.2, -0.15) is 5.11 Å². The summed E-state index contributed by atoms with van der Waals surface area (Å²) in [5.74, 6) is 0.640. The van der Waals surface area contributed by atoms with Crippen LogP contribution in [0.3, 0.4) is 0 Å². The molecule has 0 bridgehead atoms. The molecule has 0 unspecified atom stereocenters. The van der Waals surface area contributed by atoms with Crippen LogP contribution in [0.4, 0.5) is 5.69 Å². The molecule has 0 fully saturated rings. The van der Waals surface area contributed by atoms with Gasteiger partial charge in [0.2, 0.25) is 0 Å². The van der Waals surface area contributed by atoms with E-state index in [4.69, 9.17) is 26.6 Å². The van der Waals surface area contributed by atoms with Crippen molar-refractivity contribution in [3.63, 3.8) is 0 Å². The van der Waals surface area contributed by atoms with Crippen molar-refractivity contribution in [1.82, 2.24) is 4.98 Å². The number of ether oxygens (including phenoxy) is 2. The number of methoxy groups -OCH3 is 1. The number of nitrogens with one attached hydrogen (secondary N) is 2. The fourth-order valence-corrected chi connectivity index (χ4v) is 1.85. The van der Waals surface area contributed by atoms with Crippen molar-refractivity contribution in [2.45, 2.75) is 0 Å². The van der Waals surface area contributed by atoms with Gasteiger partial charge >= 0.3 is 0 Å². The SMILES string of the molecule is COCCOc1ccc(/C(=C/Nc2ccc(Cl)cc2)N=N)nc1. The van der Waals surface area contributed by atoms with Crippen LogP contribution in [-0.4, -0.2) is 25.3 Å². The third-order valence-electron chi connectivity index (χ3n) is 2.90. The van der Waals surface area contributed by atoms with Gasteiger partial charge < -0.3 is 14.8 Å². The quantitative estimate of drug-likeness (QED) is 0.560. The van der Waals surface area contributed by atoms with E-state index in [9.17, 15) is 0 Å². The largest absolute Gasteiger partial charge is 0.490 e. The van der Waals surface area contributed by atoms with E-state index in [0.29, 0.717) is 35.4 Å². The summed E-state index contributed by atoms with van der Waals surface area (Å²) in [6, 6.07) is 10.7. The molecular formula is C16H17ClN4O2. The zero-order valence-corrected chi connectivity index (χ0v) is 13.4.